The Balaban J connectivity index is 0.000000297. The van der Waals surface area contributed by atoms with Crippen LogP contribution in [0.2, 0.25) is 5.02 Å². The Morgan fingerprint density at radius 3 is 2.37 bits per heavy atom. The van der Waals surface area contributed by atoms with Crippen molar-refractivity contribution < 1.29 is 4.79 Å². The Hall–Kier alpha value is -0.870. The molecule has 2 aromatic carbocycles. The molecule has 0 atom stereocenters. The summed E-state index contributed by atoms with van der Waals surface area (Å²) in [7, 11) is 0. The van der Waals surface area contributed by atoms with E-state index >= 15 is 0 Å². The van der Waals surface area contributed by atoms with E-state index in [0.717, 1.165) is 16.4 Å². The average Bonchev–Trinajstić information content (AvgIpc) is 2.35. The van der Waals surface area contributed by atoms with Gasteiger partial charge in [-0.3, -0.25) is 4.79 Å². The molecule has 1 N–H and O–H groups in total. The Bertz CT molecular complexity index is 615. The first-order valence-electron chi connectivity index (χ1n) is 5.24. The maximum absolute atomic E-state index is 8.98. The SMILES string of the molecule is Clc1ccc2c(c1)Sc1ccccc1N2.O=C(Cl)Cl. The highest BCUT2D eigenvalue weighted by Gasteiger charge is 2.14. The van der Waals surface area contributed by atoms with E-state index in [0.29, 0.717) is 0 Å². The van der Waals surface area contributed by atoms with Crippen LogP contribution in [0.25, 0.3) is 0 Å². The van der Waals surface area contributed by atoms with E-state index in [1.54, 1.807) is 11.8 Å². The number of hydrogen-bond donors (Lipinski definition) is 1. The maximum Gasteiger partial charge on any atom is 0.313 e. The lowest BCUT2D eigenvalue weighted by Gasteiger charge is -2.20. The summed E-state index contributed by atoms with van der Waals surface area (Å²) in [5.41, 5.74) is 2.29. The molecule has 2 nitrogen and oxygen atoms in total. The first kappa shape index (κ1) is 14.5. The second-order valence-corrected chi connectivity index (χ2v) is 5.99. The van der Waals surface area contributed by atoms with Gasteiger partial charge in [-0.25, -0.2) is 0 Å². The quantitative estimate of drug-likeness (QED) is 0.502. The lowest BCUT2D eigenvalue weighted by molar-refractivity contribution is 0.275. The smallest absolute Gasteiger partial charge is 0.313 e. The molecular weight excluding hydrogens is 325 g/mol. The summed E-state index contributed by atoms with van der Waals surface area (Å²) in [6, 6.07) is 14.2. The number of nitrogens with one attached hydrogen (secondary N) is 1. The molecule has 19 heavy (non-hydrogen) atoms. The normalized spacial score (nSPS) is 11.3. The third-order valence-corrected chi connectivity index (χ3v) is 3.69. The molecule has 98 valence electrons. The third-order valence-electron chi connectivity index (χ3n) is 2.32. The number of benzene rings is 2. The van der Waals surface area contributed by atoms with E-state index in [1.807, 2.05) is 30.3 Å². The fourth-order valence-corrected chi connectivity index (χ4v) is 2.87. The minimum absolute atomic E-state index is 0.780. The highest BCUT2D eigenvalue weighted by molar-refractivity contribution is 7.99. The highest BCUT2D eigenvalue weighted by Crippen LogP contribution is 2.44. The van der Waals surface area contributed by atoms with Crippen molar-refractivity contribution in [2.45, 2.75) is 9.79 Å². The van der Waals surface area contributed by atoms with Crippen molar-refractivity contribution in [1.29, 1.82) is 0 Å². The Labute approximate surface area is 130 Å². The van der Waals surface area contributed by atoms with Gasteiger partial charge in [0.05, 0.1) is 11.4 Å². The molecule has 0 spiro atoms. The number of carbonyl (C=O) groups excluding carboxylic acids is 1. The first-order valence-corrected chi connectivity index (χ1v) is 7.20. The van der Waals surface area contributed by atoms with Gasteiger partial charge in [0.25, 0.3) is 0 Å². The molecule has 6 heteroatoms. The number of halogens is 3. The second-order valence-electron chi connectivity index (χ2n) is 3.59. The first-order chi connectivity index (χ1) is 9.06. The van der Waals surface area contributed by atoms with Crippen molar-refractivity contribution >= 4 is 62.6 Å². The van der Waals surface area contributed by atoms with Gasteiger partial charge < -0.3 is 5.32 Å². The fraction of sp³-hybridized carbons (Fsp3) is 0. The van der Waals surface area contributed by atoms with E-state index < -0.39 is 4.70 Å². The molecule has 0 fully saturated rings. The van der Waals surface area contributed by atoms with Crippen molar-refractivity contribution in [3.63, 3.8) is 0 Å². The average molecular weight is 333 g/mol. The van der Waals surface area contributed by atoms with Crippen LogP contribution in [-0.2, 0) is 0 Å². The van der Waals surface area contributed by atoms with Gasteiger partial charge >= 0.3 is 4.70 Å². The summed E-state index contributed by atoms with van der Waals surface area (Å²) in [6.45, 7) is 0. The number of rotatable bonds is 0. The summed E-state index contributed by atoms with van der Waals surface area (Å²) >= 11 is 16.5. The number of carbonyl (C=O) groups is 1. The lowest BCUT2D eigenvalue weighted by atomic mass is 10.2. The molecule has 0 saturated carbocycles. The van der Waals surface area contributed by atoms with Gasteiger partial charge in [-0.1, -0.05) is 35.5 Å². The monoisotopic (exact) mass is 331 g/mol. The van der Waals surface area contributed by atoms with Crippen LogP contribution in [0.5, 0.6) is 0 Å². The maximum atomic E-state index is 8.98. The molecule has 0 unspecified atom stereocenters. The standard InChI is InChI=1S/C12H8ClNS.CCl2O/c13-8-5-6-10-12(7-8)15-11-4-2-1-3-9(11)14-10;2-1(3)4/h1-7,14H;. The van der Waals surface area contributed by atoms with E-state index in [4.69, 9.17) is 16.4 Å². The molecule has 0 saturated heterocycles. The minimum atomic E-state index is -0.889. The summed E-state index contributed by atoms with van der Waals surface area (Å²) in [6.07, 6.45) is 0. The van der Waals surface area contributed by atoms with Crippen molar-refractivity contribution in [3.05, 3.63) is 47.5 Å². The highest BCUT2D eigenvalue weighted by atomic mass is 35.5. The summed E-state index contributed by atoms with van der Waals surface area (Å²) in [5, 5.41) is 4.17. The molecule has 0 aliphatic carbocycles. The van der Waals surface area contributed by atoms with Crippen LogP contribution in [0.1, 0.15) is 0 Å². The summed E-state index contributed by atoms with van der Waals surface area (Å²) < 4.78 is -0.889. The Morgan fingerprint density at radius 1 is 1.00 bits per heavy atom. The van der Waals surface area contributed by atoms with Gasteiger partial charge in [0.15, 0.2) is 0 Å². The van der Waals surface area contributed by atoms with E-state index in [2.05, 4.69) is 40.7 Å². The van der Waals surface area contributed by atoms with Crippen molar-refractivity contribution in [3.8, 4) is 0 Å². The van der Waals surface area contributed by atoms with Gasteiger partial charge in [0, 0.05) is 14.8 Å². The van der Waals surface area contributed by atoms with Gasteiger partial charge in [-0.15, -0.1) is 0 Å². The van der Waals surface area contributed by atoms with E-state index in [1.165, 1.54) is 9.79 Å². The number of anilines is 2. The lowest BCUT2D eigenvalue weighted by Crippen LogP contribution is -1.98. The second kappa shape index (κ2) is 6.53. The van der Waals surface area contributed by atoms with Crippen LogP contribution < -0.4 is 5.32 Å². The molecular formula is C13H8Cl3NOS. The van der Waals surface area contributed by atoms with Crippen molar-refractivity contribution in [2.24, 2.45) is 0 Å². The number of para-hydroxylation sites is 1. The predicted molar refractivity (Wildman–Crippen MR) is 82.4 cm³/mol. The topological polar surface area (TPSA) is 29.1 Å². The van der Waals surface area contributed by atoms with Crippen LogP contribution in [0.15, 0.2) is 52.3 Å². The molecule has 0 radical (unpaired) electrons. The fourth-order valence-electron chi connectivity index (χ4n) is 1.61. The predicted octanol–water partition coefficient (Wildman–Crippen LogP) is 6.13. The van der Waals surface area contributed by atoms with Gasteiger partial charge in [0.1, 0.15) is 0 Å². The molecule has 2 aromatic rings. The number of hydrogen-bond acceptors (Lipinski definition) is 3. The van der Waals surface area contributed by atoms with Crippen LogP contribution in [-0.4, -0.2) is 4.70 Å². The zero-order valence-corrected chi connectivity index (χ0v) is 12.6. The zero-order chi connectivity index (χ0) is 13.8. The van der Waals surface area contributed by atoms with Gasteiger partial charge in [0.2, 0.25) is 0 Å². The Morgan fingerprint density at radius 2 is 1.63 bits per heavy atom. The van der Waals surface area contributed by atoms with Crippen LogP contribution >= 0.6 is 46.6 Å². The van der Waals surface area contributed by atoms with Crippen molar-refractivity contribution in [1.82, 2.24) is 0 Å². The van der Waals surface area contributed by atoms with E-state index in [9.17, 15) is 0 Å². The van der Waals surface area contributed by atoms with Crippen molar-refractivity contribution in [2.75, 3.05) is 5.32 Å². The molecule has 0 aromatic heterocycles. The molecule has 1 heterocycles. The molecule has 0 amide bonds. The molecule has 3 rings (SSSR count). The van der Waals surface area contributed by atoms with Crippen LogP contribution in [0.4, 0.5) is 16.2 Å². The van der Waals surface area contributed by atoms with E-state index in [-0.39, 0.29) is 0 Å². The number of fused-ring (bicyclic) bond motifs is 2. The largest absolute Gasteiger partial charge is 0.354 e. The molecule has 0 bridgehead atoms. The third kappa shape index (κ3) is 4.05. The van der Waals surface area contributed by atoms with Crippen LogP contribution in [0.3, 0.4) is 0 Å². The van der Waals surface area contributed by atoms with Gasteiger partial charge in [-0.05, 0) is 53.5 Å². The molecule has 1 aliphatic rings. The minimum Gasteiger partial charge on any atom is -0.354 e. The van der Waals surface area contributed by atoms with Gasteiger partial charge in [-0.2, -0.15) is 0 Å². The Kier molecular flexibility index (Phi) is 4.99. The van der Waals surface area contributed by atoms with Crippen LogP contribution in [0, 0.1) is 0 Å². The summed E-state index contributed by atoms with van der Waals surface area (Å²) in [5.74, 6) is 0. The zero-order valence-electron chi connectivity index (χ0n) is 9.49. The summed E-state index contributed by atoms with van der Waals surface area (Å²) in [4.78, 5) is 11.4. The molecule has 1 aliphatic heterocycles.